The number of morpholine rings is 1. The Labute approximate surface area is 227 Å². The summed E-state index contributed by atoms with van der Waals surface area (Å²) in [6.45, 7) is 10.2. The molecule has 4 rings (SSSR count). The second-order valence-corrected chi connectivity index (χ2v) is 10.9. The molecule has 2 aliphatic heterocycles. The van der Waals surface area contributed by atoms with E-state index in [0.717, 1.165) is 30.6 Å². The van der Waals surface area contributed by atoms with Crippen LogP contribution in [0.3, 0.4) is 0 Å². The summed E-state index contributed by atoms with van der Waals surface area (Å²) in [6, 6.07) is 14.3. The zero-order valence-corrected chi connectivity index (χ0v) is 23.2. The van der Waals surface area contributed by atoms with Crippen molar-refractivity contribution in [3.63, 3.8) is 0 Å². The lowest BCUT2D eigenvalue weighted by Crippen LogP contribution is -2.56. The Morgan fingerprint density at radius 3 is 2.55 bits per heavy atom. The minimum atomic E-state index is -0.130. The van der Waals surface area contributed by atoms with Gasteiger partial charge < -0.3 is 29.2 Å². The molecule has 0 unspecified atom stereocenters. The SMILES string of the molecule is COCCCCn1c(C(=O)N(CC(C)C)[C@@H]2CNC[C@H](C(=O)N3CCOCC3)C2)ccc1-c1ccccc1. The second-order valence-electron chi connectivity index (χ2n) is 10.9. The second kappa shape index (κ2) is 13.9. The van der Waals surface area contributed by atoms with Gasteiger partial charge in [0.1, 0.15) is 5.69 Å². The topological polar surface area (TPSA) is 76.0 Å². The Morgan fingerprint density at radius 2 is 1.84 bits per heavy atom. The molecule has 0 radical (unpaired) electrons. The first-order chi connectivity index (χ1) is 18.5. The van der Waals surface area contributed by atoms with Crippen molar-refractivity contribution >= 4 is 11.8 Å². The van der Waals surface area contributed by atoms with E-state index in [-0.39, 0.29) is 23.8 Å². The molecule has 2 saturated heterocycles. The molecule has 3 heterocycles. The molecule has 2 aliphatic rings. The Balaban J connectivity index is 1.58. The number of carbonyl (C=O) groups is 2. The van der Waals surface area contributed by atoms with Crippen molar-refractivity contribution in [2.24, 2.45) is 11.8 Å². The Bertz CT molecular complexity index is 1030. The molecule has 1 N–H and O–H groups in total. The predicted octanol–water partition coefficient (Wildman–Crippen LogP) is 3.52. The van der Waals surface area contributed by atoms with E-state index in [1.165, 1.54) is 0 Å². The van der Waals surface area contributed by atoms with Crippen LogP contribution in [0.1, 0.15) is 43.6 Å². The van der Waals surface area contributed by atoms with E-state index in [1.54, 1.807) is 7.11 Å². The molecule has 2 fully saturated rings. The number of nitrogens with zero attached hydrogens (tertiary/aromatic N) is 3. The Kier molecular flexibility index (Phi) is 10.4. The molecular formula is C30H44N4O4. The quantitative estimate of drug-likeness (QED) is 0.456. The molecule has 8 heteroatoms. The van der Waals surface area contributed by atoms with Crippen LogP contribution in [0.25, 0.3) is 11.3 Å². The highest BCUT2D eigenvalue weighted by atomic mass is 16.5. The third-order valence-electron chi connectivity index (χ3n) is 7.51. The first-order valence-electron chi connectivity index (χ1n) is 14.1. The fraction of sp³-hybridized carbons (Fsp3) is 0.600. The van der Waals surface area contributed by atoms with E-state index in [2.05, 4.69) is 41.9 Å². The lowest BCUT2D eigenvalue weighted by atomic mass is 9.92. The van der Waals surface area contributed by atoms with E-state index in [9.17, 15) is 9.59 Å². The summed E-state index contributed by atoms with van der Waals surface area (Å²) < 4.78 is 12.9. The van der Waals surface area contributed by atoms with E-state index >= 15 is 0 Å². The molecule has 0 bridgehead atoms. The van der Waals surface area contributed by atoms with E-state index in [1.807, 2.05) is 34.1 Å². The van der Waals surface area contributed by atoms with Gasteiger partial charge in [-0.2, -0.15) is 0 Å². The van der Waals surface area contributed by atoms with Crippen LogP contribution in [0.15, 0.2) is 42.5 Å². The van der Waals surface area contributed by atoms with Crippen LogP contribution in [-0.2, 0) is 20.8 Å². The number of methoxy groups -OCH3 is 1. The van der Waals surface area contributed by atoms with E-state index < -0.39 is 0 Å². The number of hydrogen-bond donors (Lipinski definition) is 1. The summed E-state index contributed by atoms with van der Waals surface area (Å²) >= 11 is 0. The van der Waals surface area contributed by atoms with Gasteiger partial charge in [-0.3, -0.25) is 9.59 Å². The van der Waals surface area contributed by atoms with Crippen molar-refractivity contribution in [2.45, 2.75) is 45.7 Å². The van der Waals surface area contributed by atoms with Crippen LogP contribution in [0, 0.1) is 11.8 Å². The monoisotopic (exact) mass is 524 g/mol. The van der Waals surface area contributed by atoms with Crippen LogP contribution in [0.5, 0.6) is 0 Å². The fourth-order valence-electron chi connectivity index (χ4n) is 5.60. The van der Waals surface area contributed by atoms with Crippen molar-refractivity contribution in [3.05, 3.63) is 48.2 Å². The van der Waals surface area contributed by atoms with Crippen LogP contribution >= 0.6 is 0 Å². The number of nitrogens with one attached hydrogen (secondary N) is 1. The molecule has 1 aromatic heterocycles. The van der Waals surface area contributed by atoms with Crippen molar-refractivity contribution in [1.29, 1.82) is 0 Å². The molecule has 8 nitrogen and oxygen atoms in total. The van der Waals surface area contributed by atoms with Crippen molar-refractivity contribution in [3.8, 4) is 11.3 Å². The summed E-state index contributed by atoms with van der Waals surface area (Å²) in [7, 11) is 1.72. The number of rotatable bonds is 11. The summed E-state index contributed by atoms with van der Waals surface area (Å²) in [4.78, 5) is 31.5. The number of unbranched alkanes of at least 4 members (excludes halogenated alkanes) is 1. The lowest BCUT2D eigenvalue weighted by Gasteiger charge is -2.40. The molecule has 1 aromatic carbocycles. The minimum Gasteiger partial charge on any atom is -0.385 e. The highest BCUT2D eigenvalue weighted by Crippen LogP contribution is 2.27. The molecule has 2 amide bonds. The first kappa shape index (κ1) is 28.3. The third kappa shape index (κ3) is 7.04. The Hall–Kier alpha value is -2.68. The molecule has 0 saturated carbocycles. The fourth-order valence-corrected chi connectivity index (χ4v) is 5.60. The summed E-state index contributed by atoms with van der Waals surface area (Å²) in [5, 5.41) is 3.47. The van der Waals surface area contributed by atoms with Gasteiger partial charge in [-0.05, 0) is 42.9 Å². The summed E-state index contributed by atoms with van der Waals surface area (Å²) in [5.74, 6) is 0.400. The van der Waals surface area contributed by atoms with Gasteiger partial charge in [0.25, 0.3) is 5.91 Å². The zero-order chi connectivity index (χ0) is 26.9. The molecule has 0 spiro atoms. The molecule has 38 heavy (non-hydrogen) atoms. The number of hydrogen-bond acceptors (Lipinski definition) is 5. The van der Waals surface area contributed by atoms with E-state index in [4.69, 9.17) is 9.47 Å². The summed E-state index contributed by atoms with van der Waals surface area (Å²) in [5.41, 5.74) is 2.87. The van der Waals surface area contributed by atoms with Crippen LogP contribution in [0.2, 0.25) is 0 Å². The number of aromatic nitrogens is 1. The first-order valence-corrected chi connectivity index (χ1v) is 14.1. The van der Waals surface area contributed by atoms with Gasteiger partial charge in [0, 0.05) is 64.7 Å². The number of carbonyl (C=O) groups excluding carboxylic acids is 2. The van der Waals surface area contributed by atoms with Gasteiger partial charge in [-0.1, -0.05) is 44.2 Å². The molecular weight excluding hydrogens is 480 g/mol. The van der Waals surface area contributed by atoms with Crippen molar-refractivity contribution in [1.82, 2.24) is 19.7 Å². The molecule has 208 valence electrons. The van der Waals surface area contributed by atoms with Gasteiger partial charge in [0.15, 0.2) is 0 Å². The normalized spacial score (nSPS) is 20.1. The molecule has 2 aromatic rings. The maximum absolute atomic E-state index is 14.3. The van der Waals surface area contributed by atoms with Crippen LogP contribution < -0.4 is 5.32 Å². The maximum atomic E-state index is 14.3. The number of ether oxygens (including phenoxy) is 2. The van der Waals surface area contributed by atoms with Gasteiger partial charge in [0.05, 0.1) is 19.1 Å². The average Bonchev–Trinajstić information content (AvgIpc) is 3.38. The number of amides is 2. The van der Waals surface area contributed by atoms with Gasteiger partial charge in [0.2, 0.25) is 5.91 Å². The standard InChI is InChI=1S/C30H44N4O4/c1-23(2)22-34(26-19-25(20-31-21-26)29(35)32-14-17-38-18-15-32)30(36)28-12-11-27(24-9-5-4-6-10-24)33(28)13-7-8-16-37-3/h4-6,9-12,23,25-26,31H,7-8,13-22H2,1-3H3/t25-,26+/m1/s1. The van der Waals surface area contributed by atoms with Crippen molar-refractivity contribution in [2.75, 3.05) is 59.7 Å². The van der Waals surface area contributed by atoms with Gasteiger partial charge in [-0.15, -0.1) is 0 Å². The molecule has 2 atom stereocenters. The largest absolute Gasteiger partial charge is 0.385 e. The highest BCUT2D eigenvalue weighted by Gasteiger charge is 2.36. The maximum Gasteiger partial charge on any atom is 0.270 e. The molecule has 0 aliphatic carbocycles. The van der Waals surface area contributed by atoms with E-state index in [0.29, 0.717) is 70.6 Å². The van der Waals surface area contributed by atoms with Gasteiger partial charge in [-0.25, -0.2) is 0 Å². The lowest BCUT2D eigenvalue weighted by molar-refractivity contribution is -0.140. The summed E-state index contributed by atoms with van der Waals surface area (Å²) in [6.07, 6.45) is 2.54. The Morgan fingerprint density at radius 1 is 1.08 bits per heavy atom. The zero-order valence-electron chi connectivity index (χ0n) is 23.2. The number of piperidine rings is 1. The third-order valence-corrected chi connectivity index (χ3v) is 7.51. The van der Waals surface area contributed by atoms with Crippen LogP contribution in [-0.4, -0.2) is 91.9 Å². The van der Waals surface area contributed by atoms with Crippen LogP contribution in [0.4, 0.5) is 0 Å². The predicted molar refractivity (Wildman–Crippen MR) is 149 cm³/mol. The smallest absolute Gasteiger partial charge is 0.270 e. The minimum absolute atomic E-state index is 0.0364. The highest BCUT2D eigenvalue weighted by molar-refractivity contribution is 5.94. The average molecular weight is 525 g/mol. The van der Waals surface area contributed by atoms with Crippen molar-refractivity contribution < 1.29 is 19.1 Å². The number of benzene rings is 1. The van der Waals surface area contributed by atoms with Gasteiger partial charge >= 0.3 is 0 Å².